The molecule has 25 heavy (non-hydrogen) atoms. The molecule has 8 heteroatoms. The van der Waals surface area contributed by atoms with Crippen LogP contribution in [0.1, 0.15) is 12.0 Å². The minimum absolute atomic E-state index is 0.00329. The molecule has 0 spiro atoms. The maximum atomic E-state index is 12.7. The van der Waals surface area contributed by atoms with Crippen molar-refractivity contribution < 1.29 is 27.5 Å². The van der Waals surface area contributed by atoms with Gasteiger partial charge in [0.25, 0.3) is 5.91 Å². The van der Waals surface area contributed by atoms with E-state index in [1.54, 1.807) is 24.3 Å². The van der Waals surface area contributed by atoms with E-state index < -0.39 is 29.7 Å². The predicted octanol–water partition coefficient (Wildman–Crippen LogP) is 3.43. The number of anilines is 2. The van der Waals surface area contributed by atoms with E-state index in [0.717, 1.165) is 12.1 Å². The Morgan fingerprint density at radius 1 is 1.16 bits per heavy atom. The minimum Gasteiger partial charge on any atom is -0.478 e. The lowest BCUT2D eigenvalue weighted by molar-refractivity contribution is -0.137. The highest BCUT2D eigenvalue weighted by Crippen LogP contribution is 2.31. The smallest absolute Gasteiger partial charge is 0.416 e. The highest BCUT2D eigenvalue weighted by molar-refractivity contribution is 6.01. The summed E-state index contributed by atoms with van der Waals surface area (Å²) in [5.74, 6) is -0.685. The van der Waals surface area contributed by atoms with Crippen LogP contribution in [0.15, 0.2) is 48.5 Å². The molecule has 0 bridgehead atoms. The van der Waals surface area contributed by atoms with E-state index in [2.05, 4.69) is 10.6 Å². The minimum atomic E-state index is -4.50. The van der Waals surface area contributed by atoms with Gasteiger partial charge in [0.15, 0.2) is 6.10 Å². The molecule has 2 aromatic rings. The lowest BCUT2D eigenvalue weighted by Gasteiger charge is -2.25. The molecule has 2 aromatic carbocycles. The van der Waals surface area contributed by atoms with E-state index in [1.807, 2.05) is 0 Å². The van der Waals surface area contributed by atoms with Crippen LogP contribution in [0.25, 0.3) is 0 Å². The Kier molecular flexibility index (Phi) is 4.35. The van der Waals surface area contributed by atoms with Crippen LogP contribution in [-0.4, -0.2) is 17.9 Å². The molecule has 1 heterocycles. The molecular formula is C17H13F3N2O3. The molecule has 1 atom stereocenters. The SMILES string of the molecule is O=C(CC1Oc2ccccc2NC1=O)Nc1cccc(C(F)(F)F)c1. The number of para-hydroxylation sites is 2. The van der Waals surface area contributed by atoms with Crippen LogP contribution in [0.3, 0.4) is 0 Å². The van der Waals surface area contributed by atoms with Crippen molar-refractivity contribution in [3.8, 4) is 5.75 Å². The van der Waals surface area contributed by atoms with E-state index >= 15 is 0 Å². The summed E-state index contributed by atoms with van der Waals surface area (Å²) in [4.78, 5) is 24.0. The molecule has 130 valence electrons. The molecule has 0 radical (unpaired) electrons. The third-order valence-corrected chi connectivity index (χ3v) is 3.55. The summed E-state index contributed by atoms with van der Waals surface area (Å²) in [6.45, 7) is 0. The van der Waals surface area contributed by atoms with Gasteiger partial charge in [0.2, 0.25) is 5.91 Å². The standard InChI is InChI=1S/C17H13F3N2O3/c18-17(19,20)10-4-3-5-11(8-10)21-15(23)9-14-16(24)22-12-6-1-2-7-13(12)25-14/h1-8,14H,9H2,(H,21,23)(H,22,24). The highest BCUT2D eigenvalue weighted by atomic mass is 19.4. The maximum absolute atomic E-state index is 12.7. The van der Waals surface area contributed by atoms with Gasteiger partial charge in [-0.15, -0.1) is 0 Å². The summed E-state index contributed by atoms with van der Waals surface area (Å²) < 4.78 is 43.5. The number of ether oxygens (including phenoxy) is 1. The van der Waals surface area contributed by atoms with Crippen molar-refractivity contribution in [2.75, 3.05) is 10.6 Å². The molecule has 3 rings (SSSR count). The number of carbonyl (C=O) groups is 2. The summed E-state index contributed by atoms with van der Waals surface area (Å²) in [5, 5.41) is 4.96. The van der Waals surface area contributed by atoms with Gasteiger partial charge in [0, 0.05) is 5.69 Å². The Balaban J connectivity index is 1.66. The Labute approximate surface area is 140 Å². The fourth-order valence-electron chi connectivity index (χ4n) is 2.38. The van der Waals surface area contributed by atoms with Gasteiger partial charge in [-0.1, -0.05) is 18.2 Å². The number of halogens is 3. The predicted molar refractivity (Wildman–Crippen MR) is 84.2 cm³/mol. The summed E-state index contributed by atoms with van der Waals surface area (Å²) in [6, 6.07) is 11.0. The van der Waals surface area contributed by atoms with Gasteiger partial charge >= 0.3 is 6.18 Å². The van der Waals surface area contributed by atoms with E-state index in [4.69, 9.17) is 4.74 Å². The zero-order valence-corrected chi connectivity index (χ0v) is 12.8. The van der Waals surface area contributed by atoms with Crippen LogP contribution in [0.5, 0.6) is 5.75 Å². The number of carbonyl (C=O) groups excluding carboxylic acids is 2. The van der Waals surface area contributed by atoms with Crippen LogP contribution >= 0.6 is 0 Å². The average molecular weight is 350 g/mol. The third-order valence-electron chi connectivity index (χ3n) is 3.55. The Bertz CT molecular complexity index is 821. The Morgan fingerprint density at radius 3 is 2.68 bits per heavy atom. The van der Waals surface area contributed by atoms with Crippen molar-refractivity contribution in [2.45, 2.75) is 18.7 Å². The van der Waals surface area contributed by atoms with Crippen molar-refractivity contribution in [2.24, 2.45) is 0 Å². The second kappa shape index (κ2) is 6.46. The van der Waals surface area contributed by atoms with Crippen molar-refractivity contribution in [1.29, 1.82) is 0 Å². The molecule has 2 amide bonds. The number of fused-ring (bicyclic) bond motifs is 1. The molecule has 0 saturated heterocycles. The topological polar surface area (TPSA) is 67.4 Å². The molecule has 5 nitrogen and oxygen atoms in total. The zero-order chi connectivity index (χ0) is 18.0. The van der Waals surface area contributed by atoms with Gasteiger partial charge in [-0.2, -0.15) is 13.2 Å². The molecule has 0 saturated carbocycles. The Hall–Kier alpha value is -3.03. The number of benzene rings is 2. The van der Waals surface area contributed by atoms with Crippen LogP contribution < -0.4 is 15.4 Å². The highest BCUT2D eigenvalue weighted by Gasteiger charge is 2.31. The summed E-state index contributed by atoms with van der Waals surface area (Å²) in [6.07, 6.45) is -5.88. The maximum Gasteiger partial charge on any atom is 0.416 e. The number of nitrogens with one attached hydrogen (secondary N) is 2. The largest absolute Gasteiger partial charge is 0.478 e. The van der Waals surface area contributed by atoms with Crippen molar-refractivity contribution >= 4 is 23.2 Å². The average Bonchev–Trinajstić information content (AvgIpc) is 2.55. The second-order valence-corrected chi connectivity index (χ2v) is 5.42. The van der Waals surface area contributed by atoms with Gasteiger partial charge < -0.3 is 15.4 Å². The lowest BCUT2D eigenvalue weighted by atomic mass is 10.1. The summed E-state index contributed by atoms with van der Waals surface area (Å²) in [5.41, 5.74) is -0.371. The summed E-state index contributed by atoms with van der Waals surface area (Å²) in [7, 11) is 0. The number of hydrogen-bond donors (Lipinski definition) is 2. The molecule has 2 N–H and O–H groups in total. The number of amides is 2. The Morgan fingerprint density at radius 2 is 1.92 bits per heavy atom. The molecule has 0 aliphatic carbocycles. The first-order valence-electron chi connectivity index (χ1n) is 7.36. The third kappa shape index (κ3) is 3.90. The van der Waals surface area contributed by atoms with Gasteiger partial charge in [-0.05, 0) is 30.3 Å². The van der Waals surface area contributed by atoms with Gasteiger partial charge in [-0.3, -0.25) is 9.59 Å². The first-order chi connectivity index (χ1) is 11.8. The zero-order valence-electron chi connectivity index (χ0n) is 12.8. The van der Waals surface area contributed by atoms with Crippen molar-refractivity contribution in [3.05, 3.63) is 54.1 Å². The molecule has 0 aromatic heterocycles. The number of rotatable bonds is 3. The van der Waals surface area contributed by atoms with E-state index in [9.17, 15) is 22.8 Å². The van der Waals surface area contributed by atoms with E-state index in [1.165, 1.54) is 12.1 Å². The fraction of sp³-hybridized carbons (Fsp3) is 0.176. The van der Waals surface area contributed by atoms with Crippen molar-refractivity contribution in [3.63, 3.8) is 0 Å². The summed E-state index contributed by atoms with van der Waals surface area (Å²) >= 11 is 0. The van der Waals surface area contributed by atoms with Gasteiger partial charge in [0.05, 0.1) is 17.7 Å². The quantitative estimate of drug-likeness (QED) is 0.891. The number of hydrogen-bond acceptors (Lipinski definition) is 3. The van der Waals surface area contributed by atoms with Crippen LogP contribution in [-0.2, 0) is 15.8 Å². The molecule has 0 fully saturated rings. The van der Waals surface area contributed by atoms with Crippen molar-refractivity contribution in [1.82, 2.24) is 0 Å². The molecule has 1 unspecified atom stereocenters. The molecular weight excluding hydrogens is 337 g/mol. The fourth-order valence-corrected chi connectivity index (χ4v) is 2.38. The number of alkyl halides is 3. The normalized spacial score (nSPS) is 16.4. The molecule has 1 aliphatic rings. The second-order valence-electron chi connectivity index (χ2n) is 5.42. The molecule has 1 aliphatic heterocycles. The van der Waals surface area contributed by atoms with E-state index in [0.29, 0.717) is 11.4 Å². The van der Waals surface area contributed by atoms with Gasteiger partial charge in [0.1, 0.15) is 5.75 Å². The van der Waals surface area contributed by atoms with Crippen LogP contribution in [0, 0.1) is 0 Å². The van der Waals surface area contributed by atoms with Crippen LogP contribution in [0.2, 0.25) is 0 Å². The first kappa shape index (κ1) is 16.8. The first-order valence-corrected chi connectivity index (χ1v) is 7.36. The van der Waals surface area contributed by atoms with E-state index in [-0.39, 0.29) is 12.1 Å². The lowest BCUT2D eigenvalue weighted by Crippen LogP contribution is -2.39. The monoisotopic (exact) mass is 350 g/mol. The van der Waals surface area contributed by atoms with Gasteiger partial charge in [-0.25, -0.2) is 0 Å². The van der Waals surface area contributed by atoms with Crippen LogP contribution in [0.4, 0.5) is 24.5 Å².